The zero-order valence-corrected chi connectivity index (χ0v) is 15.3. The number of morpholine rings is 1. The van der Waals surface area contributed by atoms with Crippen LogP contribution in [0.4, 0.5) is 21.8 Å². The van der Waals surface area contributed by atoms with Gasteiger partial charge in [0.15, 0.2) is 11.6 Å². The molecule has 1 amide bonds. The Kier molecular flexibility index (Phi) is 5.70. The highest BCUT2D eigenvalue weighted by atomic mass is 19.1. The summed E-state index contributed by atoms with van der Waals surface area (Å²) in [7, 11) is 0. The highest BCUT2D eigenvalue weighted by molar-refractivity contribution is 5.96. The van der Waals surface area contributed by atoms with Crippen LogP contribution in [0.3, 0.4) is 0 Å². The number of rotatable bonds is 5. The maximum absolute atomic E-state index is 14.1. The molecule has 3 rings (SSSR count). The number of nitrogens with two attached hydrogens (primary N) is 1. The van der Waals surface area contributed by atoms with E-state index in [-0.39, 0.29) is 23.6 Å². The summed E-state index contributed by atoms with van der Waals surface area (Å²) in [6.45, 7) is 6.08. The summed E-state index contributed by atoms with van der Waals surface area (Å²) >= 11 is 0. The van der Waals surface area contributed by atoms with Crippen LogP contribution in [0.15, 0.2) is 24.4 Å². The van der Waals surface area contributed by atoms with Crippen molar-refractivity contribution in [2.45, 2.75) is 19.8 Å². The van der Waals surface area contributed by atoms with Crippen LogP contribution < -0.4 is 21.5 Å². The summed E-state index contributed by atoms with van der Waals surface area (Å²) < 4.78 is 19.3. The zero-order chi connectivity index (χ0) is 19.4. The number of aromatic nitrogens is 2. The van der Waals surface area contributed by atoms with Gasteiger partial charge in [0.05, 0.1) is 19.4 Å². The number of carbonyl (C=O) groups excluding carboxylic acids is 1. The number of amides is 1. The second kappa shape index (κ2) is 8.17. The molecular weight excluding hydrogens is 351 g/mol. The number of hydrazine groups is 1. The van der Waals surface area contributed by atoms with Crippen LogP contribution in [0, 0.1) is 5.82 Å². The number of benzene rings is 1. The first-order chi connectivity index (χ1) is 13.0. The van der Waals surface area contributed by atoms with Crippen molar-refractivity contribution in [3.8, 4) is 0 Å². The predicted octanol–water partition coefficient (Wildman–Crippen LogP) is 1.91. The van der Waals surface area contributed by atoms with Crippen LogP contribution in [0.2, 0.25) is 0 Å². The van der Waals surface area contributed by atoms with Crippen LogP contribution >= 0.6 is 0 Å². The lowest BCUT2D eigenvalue weighted by molar-refractivity contribution is 0.0961. The number of nitrogen functional groups attached to an aromatic ring is 1. The second-order valence-electron chi connectivity index (χ2n) is 6.55. The maximum atomic E-state index is 14.1. The minimum Gasteiger partial charge on any atom is -0.399 e. The minimum absolute atomic E-state index is 0.104. The van der Waals surface area contributed by atoms with Crippen molar-refractivity contribution in [3.05, 3.63) is 41.3 Å². The van der Waals surface area contributed by atoms with Gasteiger partial charge in [0.25, 0.3) is 5.91 Å². The largest absolute Gasteiger partial charge is 0.399 e. The Labute approximate surface area is 156 Å². The third-order valence-electron chi connectivity index (χ3n) is 4.27. The molecule has 0 aliphatic carbocycles. The Hall–Kier alpha value is -2.94. The van der Waals surface area contributed by atoms with Gasteiger partial charge in [-0.15, -0.1) is 0 Å². The normalized spacial score (nSPS) is 14.3. The monoisotopic (exact) mass is 374 g/mol. The molecule has 4 N–H and O–H groups in total. The van der Waals surface area contributed by atoms with Gasteiger partial charge in [-0.1, -0.05) is 13.8 Å². The van der Waals surface area contributed by atoms with E-state index in [0.29, 0.717) is 37.6 Å². The van der Waals surface area contributed by atoms with E-state index in [1.165, 1.54) is 0 Å². The SMILES string of the molecule is CC(C)c1cc(N)ccc1C(=O)NNc1ncc(F)c(N2CCOCC2)n1. The summed E-state index contributed by atoms with van der Waals surface area (Å²) in [6.07, 6.45) is 1.08. The minimum atomic E-state index is -0.519. The first-order valence-corrected chi connectivity index (χ1v) is 8.76. The zero-order valence-electron chi connectivity index (χ0n) is 15.3. The summed E-state index contributed by atoms with van der Waals surface area (Å²) in [5, 5.41) is 0. The number of hydrogen-bond donors (Lipinski definition) is 3. The van der Waals surface area contributed by atoms with E-state index in [1.807, 2.05) is 13.8 Å². The van der Waals surface area contributed by atoms with Gasteiger partial charge in [-0.05, 0) is 29.7 Å². The molecule has 144 valence electrons. The Morgan fingerprint density at radius 2 is 2.07 bits per heavy atom. The van der Waals surface area contributed by atoms with Gasteiger partial charge >= 0.3 is 0 Å². The molecule has 1 aliphatic heterocycles. The number of halogens is 1. The molecule has 0 bridgehead atoms. The molecule has 0 unspecified atom stereocenters. The van der Waals surface area contributed by atoms with Crippen molar-refractivity contribution >= 4 is 23.4 Å². The molecule has 1 saturated heterocycles. The van der Waals surface area contributed by atoms with Crippen LogP contribution in [0.25, 0.3) is 0 Å². The number of ether oxygens (including phenoxy) is 1. The van der Waals surface area contributed by atoms with Crippen molar-refractivity contribution in [1.82, 2.24) is 15.4 Å². The average molecular weight is 374 g/mol. The highest BCUT2D eigenvalue weighted by Crippen LogP contribution is 2.22. The molecule has 8 nitrogen and oxygen atoms in total. The first-order valence-electron chi connectivity index (χ1n) is 8.76. The Morgan fingerprint density at radius 1 is 1.33 bits per heavy atom. The highest BCUT2D eigenvalue weighted by Gasteiger charge is 2.19. The van der Waals surface area contributed by atoms with E-state index in [0.717, 1.165) is 11.8 Å². The maximum Gasteiger partial charge on any atom is 0.269 e. The molecular formula is C18H23FN6O2. The molecule has 9 heteroatoms. The predicted molar refractivity (Wildman–Crippen MR) is 101 cm³/mol. The van der Waals surface area contributed by atoms with Gasteiger partial charge in [0, 0.05) is 24.3 Å². The summed E-state index contributed by atoms with van der Waals surface area (Å²) in [4.78, 5) is 22.4. The van der Waals surface area contributed by atoms with Crippen LogP contribution in [-0.4, -0.2) is 42.2 Å². The lowest BCUT2D eigenvalue weighted by Gasteiger charge is -2.28. The molecule has 0 atom stereocenters. The van der Waals surface area contributed by atoms with Gasteiger partial charge < -0.3 is 15.4 Å². The quantitative estimate of drug-likeness (QED) is 0.542. The van der Waals surface area contributed by atoms with Gasteiger partial charge in [-0.2, -0.15) is 4.98 Å². The van der Waals surface area contributed by atoms with Gasteiger partial charge in [0.1, 0.15) is 0 Å². The molecule has 1 aliphatic rings. The van der Waals surface area contributed by atoms with Crippen LogP contribution in [-0.2, 0) is 4.74 Å². The van der Waals surface area contributed by atoms with Gasteiger partial charge in [-0.3, -0.25) is 15.6 Å². The fraction of sp³-hybridized carbons (Fsp3) is 0.389. The fourth-order valence-corrected chi connectivity index (χ4v) is 2.86. The number of anilines is 3. The molecule has 1 aromatic carbocycles. The van der Waals surface area contributed by atoms with E-state index < -0.39 is 5.82 Å². The van der Waals surface area contributed by atoms with E-state index in [1.54, 1.807) is 23.1 Å². The number of nitrogens with one attached hydrogen (secondary N) is 2. The Balaban J connectivity index is 1.72. The fourth-order valence-electron chi connectivity index (χ4n) is 2.86. The summed E-state index contributed by atoms with van der Waals surface area (Å²) in [6, 6.07) is 5.13. The number of carbonyl (C=O) groups is 1. The topological polar surface area (TPSA) is 105 Å². The van der Waals surface area contributed by atoms with Crippen molar-refractivity contribution in [3.63, 3.8) is 0 Å². The molecule has 1 aromatic heterocycles. The Morgan fingerprint density at radius 3 is 2.78 bits per heavy atom. The number of hydrogen-bond acceptors (Lipinski definition) is 7. The van der Waals surface area contributed by atoms with Gasteiger partial charge in [0.2, 0.25) is 5.95 Å². The van der Waals surface area contributed by atoms with E-state index in [9.17, 15) is 9.18 Å². The smallest absolute Gasteiger partial charge is 0.269 e. The Bertz CT molecular complexity index is 823. The van der Waals surface area contributed by atoms with Crippen molar-refractivity contribution < 1.29 is 13.9 Å². The van der Waals surface area contributed by atoms with E-state index in [2.05, 4.69) is 20.8 Å². The van der Waals surface area contributed by atoms with E-state index in [4.69, 9.17) is 10.5 Å². The van der Waals surface area contributed by atoms with E-state index >= 15 is 0 Å². The second-order valence-corrected chi connectivity index (χ2v) is 6.55. The molecule has 0 radical (unpaired) electrons. The lowest BCUT2D eigenvalue weighted by Crippen LogP contribution is -2.38. The van der Waals surface area contributed by atoms with Crippen molar-refractivity contribution in [1.29, 1.82) is 0 Å². The number of nitrogens with zero attached hydrogens (tertiary/aromatic N) is 3. The van der Waals surface area contributed by atoms with Crippen molar-refractivity contribution in [2.75, 3.05) is 42.4 Å². The molecule has 1 fully saturated rings. The van der Waals surface area contributed by atoms with Crippen molar-refractivity contribution in [2.24, 2.45) is 0 Å². The van der Waals surface area contributed by atoms with Crippen LogP contribution in [0.1, 0.15) is 35.7 Å². The lowest BCUT2D eigenvalue weighted by atomic mass is 9.96. The molecule has 0 saturated carbocycles. The summed E-state index contributed by atoms with van der Waals surface area (Å²) in [5.74, 6) is -0.452. The molecule has 2 heterocycles. The average Bonchev–Trinajstić information content (AvgIpc) is 2.67. The van der Waals surface area contributed by atoms with Crippen LogP contribution in [0.5, 0.6) is 0 Å². The molecule has 27 heavy (non-hydrogen) atoms. The van der Waals surface area contributed by atoms with Gasteiger partial charge in [-0.25, -0.2) is 9.37 Å². The first kappa shape index (κ1) is 18.8. The molecule has 2 aromatic rings. The third kappa shape index (κ3) is 4.43. The summed E-state index contributed by atoms with van der Waals surface area (Å²) in [5.41, 5.74) is 13.0. The molecule has 0 spiro atoms. The standard InChI is InChI=1S/C18H23FN6O2/c1-11(2)14-9-12(20)3-4-13(14)17(26)23-24-18-21-10-15(19)16(22-18)25-5-7-27-8-6-25/h3-4,9-11H,5-8,20H2,1-2H3,(H,23,26)(H,21,22,24). The third-order valence-corrected chi connectivity index (χ3v) is 4.27.